The van der Waals surface area contributed by atoms with Crippen molar-refractivity contribution in [2.24, 2.45) is 10.3 Å². The number of sulfone groups is 1. The molecule has 0 aliphatic carbocycles. The molecule has 1 aliphatic rings. The van der Waals surface area contributed by atoms with Gasteiger partial charge in [0.15, 0.2) is 0 Å². The van der Waals surface area contributed by atoms with Gasteiger partial charge in [-0.3, -0.25) is 19.6 Å². The maximum absolute atomic E-state index is 12.2. The molecule has 0 bridgehead atoms. The molecular formula is C34H39N8NaO11S3. The number of nitrogens with zero attached hydrogens (tertiary/aromatic N) is 6. The van der Waals surface area contributed by atoms with Crippen LogP contribution in [0.3, 0.4) is 0 Å². The maximum atomic E-state index is 12.2. The summed E-state index contributed by atoms with van der Waals surface area (Å²) in [5.41, 5.74) is -0.532. The maximum Gasteiger partial charge on any atom is 1.00 e. The third kappa shape index (κ3) is 13.2. The number of aromatic amines is 2. The summed E-state index contributed by atoms with van der Waals surface area (Å²) < 4.78 is 37.5. The predicted octanol–water partition coefficient (Wildman–Crippen LogP) is 1.18. The van der Waals surface area contributed by atoms with Crippen LogP contribution in [-0.2, 0) is 27.4 Å². The number of oxime groups is 2. The Hall–Kier alpha value is -4.71. The molecule has 0 spiro atoms. The van der Waals surface area contributed by atoms with Crippen molar-refractivity contribution in [3.05, 3.63) is 98.0 Å². The average molecular weight is 855 g/mol. The van der Waals surface area contributed by atoms with Gasteiger partial charge in [-0.25, -0.2) is 28.0 Å². The zero-order chi connectivity index (χ0) is 41.0. The standard InChI is InChI=1S/C14H12N4O4S.C10H10N2O5S.C5H6N2OS.C5H10O.Na.H/c1-3-8-6-9(19)21-12-10(8)11(20)16-14(17-12)22-18-7(2)13-15-4-5-23-13;1-3-5-4-6(13)17-9-7(5)8(14)11-10(12-9)18(2,15)16;1-4(7-8)5-6-2-3-9-5;1-5-3-2-4-6-5;;/h4-6H,3H2,1-2H3,(H,16,17,20);4H,3H2,1-2H3,(H,11,12,14);2-3,8H,1H3;5H,2-4H2,1H3;;/q;;;;+1;-1/b18-7+;;7-4+;;;. The molecule has 6 aromatic heterocycles. The molecule has 57 heavy (non-hydrogen) atoms. The van der Waals surface area contributed by atoms with Crippen LogP contribution in [0.2, 0.25) is 0 Å². The third-order valence-corrected chi connectivity index (χ3v) is 10.2. The number of thiazole rings is 2. The molecule has 7 rings (SSSR count). The van der Waals surface area contributed by atoms with E-state index in [9.17, 15) is 27.6 Å². The fourth-order valence-electron chi connectivity index (χ4n) is 4.77. The van der Waals surface area contributed by atoms with Gasteiger partial charge in [-0.2, -0.15) is 9.97 Å². The molecule has 0 radical (unpaired) electrons. The van der Waals surface area contributed by atoms with Crippen LogP contribution in [0.25, 0.3) is 22.2 Å². The summed E-state index contributed by atoms with van der Waals surface area (Å²) in [6.45, 7) is 10.1. The van der Waals surface area contributed by atoms with Gasteiger partial charge in [0.2, 0.25) is 26.4 Å². The topological polar surface area (TPSA) is 275 Å². The van der Waals surface area contributed by atoms with Crippen molar-refractivity contribution in [2.45, 2.75) is 71.6 Å². The molecule has 1 unspecified atom stereocenters. The molecule has 1 atom stereocenters. The molecule has 3 N–H and O–H groups in total. The number of fused-ring (bicyclic) bond motifs is 2. The van der Waals surface area contributed by atoms with Gasteiger partial charge in [0.25, 0.3) is 11.1 Å². The first-order chi connectivity index (χ1) is 26.6. The fraction of sp³-hybridized carbons (Fsp3) is 0.353. The number of H-pyrrole nitrogens is 2. The molecule has 23 heteroatoms. The van der Waals surface area contributed by atoms with Gasteiger partial charge < -0.3 is 25.0 Å². The number of aromatic nitrogens is 6. The minimum atomic E-state index is -3.68. The zero-order valence-electron chi connectivity index (χ0n) is 33.0. The number of hydrogen-bond donors (Lipinski definition) is 3. The van der Waals surface area contributed by atoms with E-state index in [2.05, 4.69) is 47.1 Å². The first-order valence-electron chi connectivity index (χ1n) is 16.8. The van der Waals surface area contributed by atoms with Crippen molar-refractivity contribution in [3.63, 3.8) is 0 Å². The summed E-state index contributed by atoms with van der Waals surface area (Å²) in [5.74, 6) is 0. The van der Waals surface area contributed by atoms with E-state index in [0.29, 0.717) is 46.5 Å². The van der Waals surface area contributed by atoms with Gasteiger partial charge in [-0.1, -0.05) is 24.2 Å². The molecule has 6 aromatic rings. The second-order valence-corrected chi connectivity index (χ2v) is 15.4. The molecular weight excluding hydrogens is 816 g/mol. The van der Waals surface area contributed by atoms with Gasteiger partial charge in [0, 0.05) is 48.1 Å². The predicted molar refractivity (Wildman–Crippen MR) is 210 cm³/mol. The number of aryl methyl sites for hydroxylation is 2. The smallest absolute Gasteiger partial charge is 1.00 e. The minimum Gasteiger partial charge on any atom is -1.00 e. The van der Waals surface area contributed by atoms with E-state index in [-0.39, 0.29) is 59.2 Å². The van der Waals surface area contributed by atoms with E-state index in [1.165, 1.54) is 47.6 Å². The monoisotopic (exact) mass is 854 g/mol. The Labute approximate surface area is 355 Å². The Balaban J connectivity index is 0.000000293. The van der Waals surface area contributed by atoms with Gasteiger partial charge in [0.1, 0.15) is 32.2 Å². The molecule has 1 fully saturated rings. The zero-order valence-corrected chi connectivity index (χ0v) is 36.5. The first-order valence-corrected chi connectivity index (χ1v) is 20.5. The van der Waals surface area contributed by atoms with Gasteiger partial charge >= 0.3 is 46.8 Å². The quantitative estimate of drug-likeness (QED) is 0.0669. The molecule has 0 amide bonds. The Bertz CT molecular complexity index is 2680. The van der Waals surface area contributed by atoms with Crippen molar-refractivity contribution < 1.29 is 63.0 Å². The van der Waals surface area contributed by atoms with Crippen molar-refractivity contribution in [1.29, 1.82) is 0 Å². The Morgan fingerprint density at radius 2 is 1.44 bits per heavy atom. The Kier molecular flexibility index (Phi) is 17.8. The third-order valence-electron chi connectivity index (χ3n) is 7.52. The van der Waals surface area contributed by atoms with E-state index < -0.39 is 37.4 Å². The van der Waals surface area contributed by atoms with Gasteiger partial charge in [0.05, 0.1) is 6.10 Å². The summed E-state index contributed by atoms with van der Waals surface area (Å²) in [6.07, 6.45) is 8.24. The second-order valence-electron chi connectivity index (χ2n) is 11.7. The molecule has 19 nitrogen and oxygen atoms in total. The van der Waals surface area contributed by atoms with E-state index in [4.69, 9.17) is 23.6 Å². The van der Waals surface area contributed by atoms with Crippen LogP contribution in [0, 0.1) is 0 Å². The van der Waals surface area contributed by atoms with Crippen LogP contribution >= 0.6 is 22.7 Å². The summed E-state index contributed by atoms with van der Waals surface area (Å²) >= 11 is 2.86. The van der Waals surface area contributed by atoms with E-state index >= 15 is 0 Å². The van der Waals surface area contributed by atoms with Crippen LogP contribution in [0.5, 0.6) is 6.01 Å². The van der Waals surface area contributed by atoms with Crippen LogP contribution in [-0.4, -0.2) is 73.9 Å². The summed E-state index contributed by atoms with van der Waals surface area (Å²) in [7, 11) is -3.68. The number of ether oxygens (including phenoxy) is 1. The first kappa shape index (κ1) is 46.7. The molecule has 300 valence electrons. The number of rotatable bonds is 7. The van der Waals surface area contributed by atoms with Crippen LogP contribution in [0.15, 0.2) is 78.8 Å². The van der Waals surface area contributed by atoms with E-state index in [1.807, 2.05) is 17.7 Å². The molecule has 1 saturated heterocycles. The number of nitrogens with one attached hydrogen (secondary N) is 2. The summed E-state index contributed by atoms with van der Waals surface area (Å²) in [4.78, 5) is 72.2. The van der Waals surface area contributed by atoms with Gasteiger partial charge in [-0.05, 0) is 57.6 Å². The molecule has 7 heterocycles. The van der Waals surface area contributed by atoms with E-state index in [1.54, 1.807) is 33.2 Å². The molecule has 1 aliphatic heterocycles. The van der Waals surface area contributed by atoms with Crippen LogP contribution in [0.4, 0.5) is 0 Å². The van der Waals surface area contributed by atoms with Crippen LogP contribution in [0.1, 0.15) is 70.0 Å². The Morgan fingerprint density at radius 3 is 1.86 bits per heavy atom. The van der Waals surface area contributed by atoms with Crippen molar-refractivity contribution >= 4 is 66.1 Å². The largest absolute Gasteiger partial charge is 1.00 e. The van der Waals surface area contributed by atoms with Crippen molar-refractivity contribution in [1.82, 2.24) is 29.9 Å². The van der Waals surface area contributed by atoms with Gasteiger partial charge in [-0.15, -0.1) is 22.7 Å². The Morgan fingerprint density at radius 1 is 0.912 bits per heavy atom. The summed E-state index contributed by atoms with van der Waals surface area (Å²) in [6, 6.07) is 2.32. The minimum absolute atomic E-state index is 0. The molecule has 0 aromatic carbocycles. The number of hydrogen-bond acceptors (Lipinski definition) is 19. The normalized spacial score (nSPS) is 14.0. The second kappa shape index (κ2) is 21.7. The van der Waals surface area contributed by atoms with E-state index in [0.717, 1.165) is 17.9 Å². The SMILES string of the molecule is C/C(=N\O)c1nccs1.CC1CCCO1.CCc1cc(=O)oc2nc(O/N=C(\C)c3nccs3)[nH]c(=O)c12.CCc1cc(=O)oc2nc(S(C)(=O)=O)[nH]c(=O)c12.[H-].[Na+]. The van der Waals surface area contributed by atoms with Crippen molar-refractivity contribution in [2.75, 3.05) is 12.9 Å². The summed E-state index contributed by atoms with van der Waals surface area (Å²) in [5, 5.41) is 20.0. The average Bonchev–Trinajstić information content (AvgIpc) is 3.98. The van der Waals surface area contributed by atoms with Crippen molar-refractivity contribution in [3.8, 4) is 6.01 Å². The van der Waals surface area contributed by atoms with Crippen LogP contribution < -0.4 is 56.8 Å². The molecule has 0 saturated carbocycles. The fourth-order valence-corrected chi connectivity index (χ4v) is 6.46.